The number of aldehydes is 1. The fraction of sp³-hybridized carbons (Fsp3) is 0.409. The minimum atomic E-state index is -1.31. The zero-order chi connectivity index (χ0) is 27.1. The van der Waals surface area contributed by atoms with Crippen molar-refractivity contribution in [3.8, 4) is 0 Å². The summed E-state index contributed by atoms with van der Waals surface area (Å²) in [6.45, 7) is 0.0131. The standard InChI is InChI=1S/C22H27N7O8/c1-23-21(36)25-14-6-4-13(5-7-14)19(34)26-27-10-8-17(31)28-9-2-3-16(29(28)22(27)37)20(35)24-15(12-30)11-18(32)33/h4-7,12,15-16H,2-3,8-11H2,1H3,(H,24,35)(H,26,34)(H,32,33)(H2,23,25,36). The number of aliphatic carboxylic acids is 1. The Kier molecular flexibility index (Phi) is 8.60. The SMILES string of the molecule is CNC(=O)Nc1ccc(C(=O)NN2CCC(=O)N3CCCC(C(=O)NC(C=O)CC(=O)O)N3C2=O)cc1. The van der Waals surface area contributed by atoms with Crippen molar-refractivity contribution in [1.29, 1.82) is 0 Å². The minimum absolute atomic E-state index is 0.123. The van der Waals surface area contributed by atoms with Gasteiger partial charge in [-0.3, -0.25) is 24.6 Å². The lowest BCUT2D eigenvalue weighted by atomic mass is 10.1. The molecule has 1 aromatic carbocycles. The number of carbonyl (C=O) groups is 7. The average Bonchev–Trinajstić information content (AvgIpc) is 3.00. The van der Waals surface area contributed by atoms with Gasteiger partial charge in [0.1, 0.15) is 12.3 Å². The van der Waals surface area contributed by atoms with Crippen molar-refractivity contribution < 1.29 is 38.7 Å². The van der Waals surface area contributed by atoms with Gasteiger partial charge in [-0.1, -0.05) is 0 Å². The molecule has 2 atom stereocenters. The summed E-state index contributed by atoms with van der Waals surface area (Å²) in [6, 6.07) is 2.06. The molecule has 2 fully saturated rings. The third-order valence-electron chi connectivity index (χ3n) is 5.72. The van der Waals surface area contributed by atoms with Crippen molar-refractivity contribution in [3.63, 3.8) is 0 Å². The van der Waals surface area contributed by atoms with Crippen LogP contribution in [0.2, 0.25) is 0 Å². The summed E-state index contributed by atoms with van der Waals surface area (Å²) in [5, 5.41) is 19.2. The number of nitrogens with one attached hydrogen (secondary N) is 4. The molecule has 0 saturated carbocycles. The Morgan fingerprint density at radius 2 is 1.84 bits per heavy atom. The number of amides is 7. The summed E-state index contributed by atoms with van der Waals surface area (Å²) < 4.78 is 0. The van der Waals surface area contributed by atoms with Crippen LogP contribution in [0.25, 0.3) is 0 Å². The van der Waals surface area contributed by atoms with Crippen LogP contribution < -0.4 is 21.4 Å². The Morgan fingerprint density at radius 1 is 1.14 bits per heavy atom. The second-order valence-electron chi connectivity index (χ2n) is 8.28. The van der Waals surface area contributed by atoms with Gasteiger partial charge in [-0.15, -0.1) is 0 Å². The highest BCUT2D eigenvalue weighted by Crippen LogP contribution is 2.24. The average molecular weight is 517 g/mol. The predicted octanol–water partition coefficient (Wildman–Crippen LogP) is -0.725. The van der Waals surface area contributed by atoms with Gasteiger partial charge in [0.15, 0.2) is 0 Å². The van der Waals surface area contributed by atoms with E-state index in [0.717, 1.165) is 15.0 Å². The number of benzene rings is 1. The third kappa shape index (κ3) is 6.50. The molecule has 5 N–H and O–H groups in total. The Balaban J connectivity index is 1.76. The van der Waals surface area contributed by atoms with Crippen LogP contribution in [-0.4, -0.2) is 94.4 Å². The van der Waals surface area contributed by atoms with E-state index in [0.29, 0.717) is 12.1 Å². The van der Waals surface area contributed by atoms with Crippen molar-refractivity contribution in [3.05, 3.63) is 29.8 Å². The summed E-state index contributed by atoms with van der Waals surface area (Å²) in [6.07, 6.45) is 0.0622. The fourth-order valence-corrected chi connectivity index (χ4v) is 3.90. The van der Waals surface area contributed by atoms with Gasteiger partial charge in [0.05, 0.1) is 19.0 Å². The van der Waals surface area contributed by atoms with E-state index >= 15 is 0 Å². The second kappa shape index (κ2) is 11.8. The second-order valence-corrected chi connectivity index (χ2v) is 8.28. The molecule has 2 heterocycles. The first-order chi connectivity index (χ1) is 17.6. The number of nitrogens with zero attached hydrogens (tertiary/aromatic N) is 3. The molecule has 0 aliphatic carbocycles. The maximum atomic E-state index is 13.4. The van der Waals surface area contributed by atoms with E-state index in [-0.39, 0.29) is 37.8 Å². The van der Waals surface area contributed by atoms with Crippen LogP contribution in [-0.2, 0) is 19.2 Å². The van der Waals surface area contributed by atoms with Gasteiger partial charge in [0.2, 0.25) is 11.8 Å². The van der Waals surface area contributed by atoms with Gasteiger partial charge in [-0.2, -0.15) is 0 Å². The number of hydrogen-bond donors (Lipinski definition) is 5. The van der Waals surface area contributed by atoms with Crippen molar-refractivity contribution in [2.45, 2.75) is 37.8 Å². The Hall–Kier alpha value is -4.69. The van der Waals surface area contributed by atoms with Crippen molar-refractivity contribution >= 4 is 47.7 Å². The Morgan fingerprint density at radius 3 is 2.46 bits per heavy atom. The minimum Gasteiger partial charge on any atom is -0.481 e. The first-order valence-corrected chi connectivity index (χ1v) is 11.4. The van der Waals surface area contributed by atoms with Gasteiger partial charge in [-0.05, 0) is 37.1 Å². The molecule has 2 saturated heterocycles. The first-order valence-electron chi connectivity index (χ1n) is 11.4. The van der Waals surface area contributed by atoms with Gasteiger partial charge in [0.25, 0.3) is 5.91 Å². The number of hydrazine groups is 2. The van der Waals surface area contributed by atoms with Gasteiger partial charge >= 0.3 is 18.0 Å². The number of carboxylic acid groups (broad SMARTS) is 1. The zero-order valence-corrected chi connectivity index (χ0v) is 19.9. The number of fused-ring (bicyclic) bond motifs is 1. The highest BCUT2D eigenvalue weighted by Gasteiger charge is 2.44. The van der Waals surface area contributed by atoms with Crippen LogP contribution in [0.4, 0.5) is 15.3 Å². The lowest BCUT2D eigenvalue weighted by Gasteiger charge is -2.42. The topological polar surface area (TPSA) is 198 Å². The van der Waals surface area contributed by atoms with Crippen molar-refractivity contribution in [2.24, 2.45) is 0 Å². The molecule has 1 aromatic rings. The molecule has 0 aromatic heterocycles. The van der Waals surface area contributed by atoms with E-state index in [2.05, 4.69) is 21.4 Å². The predicted molar refractivity (Wildman–Crippen MR) is 126 cm³/mol. The van der Waals surface area contributed by atoms with Gasteiger partial charge in [0, 0.05) is 31.3 Å². The summed E-state index contributed by atoms with van der Waals surface area (Å²) in [7, 11) is 1.45. The third-order valence-corrected chi connectivity index (χ3v) is 5.72. The normalized spacial score (nSPS) is 18.2. The highest BCUT2D eigenvalue weighted by atomic mass is 16.4. The van der Waals surface area contributed by atoms with Crippen LogP contribution in [0.1, 0.15) is 36.0 Å². The number of rotatable bonds is 8. The number of anilines is 1. The van der Waals surface area contributed by atoms with Crippen LogP contribution in [0, 0.1) is 0 Å². The molecule has 2 aliphatic rings. The summed E-state index contributed by atoms with van der Waals surface area (Å²) in [5.74, 6) is -3.20. The Bertz CT molecular complexity index is 1090. The molecule has 0 bridgehead atoms. The number of carbonyl (C=O) groups excluding carboxylic acids is 6. The lowest BCUT2D eigenvalue weighted by Crippen LogP contribution is -2.64. The smallest absolute Gasteiger partial charge is 0.358 e. The van der Waals surface area contributed by atoms with E-state index < -0.39 is 54.3 Å². The molecule has 198 valence electrons. The maximum absolute atomic E-state index is 13.4. The van der Waals surface area contributed by atoms with Crippen LogP contribution in [0.5, 0.6) is 0 Å². The molecule has 15 heteroatoms. The molecular weight excluding hydrogens is 490 g/mol. The Labute approximate surface area is 211 Å². The van der Waals surface area contributed by atoms with Crippen molar-refractivity contribution in [1.82, 2.24) is 31.1 Å². The molecule has 7 amide bonds. The molecule has 2 aliphatic heterocycles. The van der Waals surface area contributed by atoms with E-state index in [1.807, 2.05) is 0 Å². The molecule has 0 spiro atoms. The maximum Gasteiger partial charge on any atom is 0.358 e. The van der Waals surface area contributed by atoms with E-state index in [4.69, 9.17) is 5.11 Å². The number of urea groups is 2. The zero-order valence-electron chi connectivity index (χ0n) is 19.9. The van der Waals surface area contributed by atoms with Crippen LogP contribution in [0.15, 0.2) is 24.3 Å². The number of carboxylic acids is 1. The monoisotopic (exact) mass is 517 g/mol. The van der Waals surface area contributed by atoms with E-state index in [9.17, 15) is 33.6 Å². The quantitative estimate of drug-likeness (QED) is 0.278. The summed E-state index contributed by atoms with van der Waals surface area (Å²) in [4.78, 5) is 85.4. The first kappa shape index (κ1) is 26.9. The van der Waals surface area contributed by atoms with Crippen LogP contribution in [0.3, 0.4) is 0 Å². The van der Waals surface area contributed by atoms with E-state index in [1.54, 1.807) is 0 Å². The van der Waals surface area contributed by atoms with E-state index in [1.165, 1.54) is 31.3 Å². The largest absolute Gasteiger partial charge is 0.481 e. The molecule has 3 rings (SSSR count). The van der Waals surface area contributed by atoms with Crippen LogP contribution >= 0.6 is 0 Å². The van der Waals surface area contributed by atoms with Gasteiger partial charge in [-0.25, -0.2) is 24.6 Å². The fourth-order valence-electron chi connectivity index (χ4n) is 3.90. The molecule has 0 radical (unpaired) electrons. The lowest BCUT2D eigenvalue weighted by molar-refractivity contribution is -0.155. The van der Waals surface area contributed by atoms with Gasteiger partial charge < -0.3 is 25.9 Å². The number of hydrogen-bond acceptors (Lipinski definition) is 7. The molecule has 2 unspecified atom stereocenters. The van der Waals surface area contributed by atoms with Crippen molar-refractivity contribution in [2.75, 3.05) is 25.5 Å². The molecular formula is C22H27N7O8. The molecule has 37 heavy (non-hydrogen) atoms. The molecule has 15 nitrogen and oxygen atoms in total. The summed E-state index contributed by atoms with van der Waals surface area (Å²) >= 11 is 0. The highest BCUT2D eigenvalue weighted by molar-refractivity contribution is 5.97. The summed E-state index contributed by atoms with van der Waals surface area (Å²) in [5.41, 5.74) is 3.04.